The fourth-order valence-electron chi connectivity index (χ4n) is 3.85. The summed E-state index contributed by atoms with van der Waals surface area (Å²) in [5, 5.41) is 6.73. The van der Waals surface area contributed by atoms with Crippen molar-refractivity contribution in [2.24, 2.45) is 5.92 Å². The average Bonchev–Trinajstić information content (AvgIpc) is 2.73. The van der Waals surface area contributed by atoms with Crippen LogP contribution in [-0.4, -0.2) is 45.6 Å². The summed E-state index contributed by atoms with van der Waals surface area (Å²) in [4.78, 5) is 39.2. The highest BCUT2D eigenvalue weighted by molar-refractivity contribution is 5.92. The second-order valence-corrected chi connectivity index (χ2v) is 8.65. The van der Waals surface area contributed by atoms with Gasteiger partial charge in [-0.1, -0.05) is 26.0 Å². The van der Waals surface area contributed by atoms with Gasteiger partial charge in [0.25, 0.3) is 5.91 Å². The van der Waals surface area contributed by atoms with Gasteiger partial charge in [0.2, 0.25) is 11.3 Å². The van der Waals surface area contributed by atoms with Crippen LogP contribution in [0.1, 0.15) is 54.9 Å². The van der Waals surface area contributed by atoms with E-state index in [9.17, 15) is 27.6 Å². The fraction of sp³-hybridized carbons (Fsp3) is 0.478. The van der Waals surface area contributed by atoms with Gasteiger partial charge in [0.1, 0.15) is 0 Å². The molecule has 1 aliphatic heterocycles. The second kappa shape index (κ2) is 9.76. The lowest BCUT2D eigenvalue weighted by atomic mass is 10.0. The summed E-state index contributed by atoms with van der Waals surface area (Å²) < 4.78 is 41.3. The van der Waals surface area contributed by atoms with E-state index in [1.165, 1.54) is 25.1 Å². The number of alkyl halides is 3. The lowest BCUT2D eigenvalue weighted by Crippen LogP contribution is -2.47. The van der Waals surface area contributed by atoms with Gasteiger partial charge in [0, 0.05) is 37.3 Å². The summed E-state index contributed by atoms with van der Waals surface area (Å²) in [6.45, 7) is 6.37. The molecule has 33 heavy (non-hydrogen) atoms. The van der Waals surface area contributed by atoms with Crippen molar-refractivity contribution >= 4 is 11.8 Å². The third kappa shape index (κ3) is 5.80. The molecule has 0 bridgehead atoms. The van der Waals surface area contributed by atoms with Gasteiger partial charge in [-0.3, -0.25) is 14.4 Å². The number of amides is 2. The number of aryl methyl sites for hydroxylation is 1. The Labute approximate surface area is 189 Å². The number of carbonyl (C=O) groups is 2. The third-order valence-corrected chi connectivity index (χ3v) is 5.53. The SMILES string of the molecule is Cc1cc(=O)c(C(=O)NC2CCN(C(=O)CC(C)C)CC2)nn1-c1ccccc1C(F)(F)F. The van der Waals surface area contributed by atoms with E-state index in [0.29, 0.717) is 32.4 Å². The lowest BCUT2D eigenvalue weighted by molar-refractivity contribution is -0.137. The van der Waals surface area contributed by atoms with Crippen molar-refractivity contribution in [2.75, 3.05) is 13.1 Å². The third-order valence-electron chi connectivity index (χ3n) is 5.53. The van der Waals surface area contributed by atoms with Gasteiger partial charge in [-0.25, -0.2) is 4.68 Å². The highest BCUT2D eigenvalue weighted by Gasteiger charge is 2.34. The van der Waals surface area contributed by atoms with Gasteiger partial charge in [0.15, 0.2) is 5.69 Å². The van der Waals surface area contributed by atoms with Gasteiger partial charge in [-0.2, -0.15) is 18.3 Å². The molecular weight excluding hydrogens is 437 g/mol. The van der Waals surface area contributed by atoms with Gasteiger partial charge in [0.05, 0.1) is 11.3 Å². The Morgan fingerprint density at radius 3 is 2.42 bits per heavy atom. The van der Waals surface area contributed by atoms with E-state index in [4.69, 9.17) is 0 Å². The first-order valence-corrected chi connectivity index (χ1v) is 10.8. The number of para-hydroxylation sites is 1. The Balaban J connectivity index is 1.78. The van der Waals surface area contributed by atoms with E-state index < -0.39 is 28.8 Å². The predicted octanol–water partition coefficient (Wildman–Crippen LogP) is 3.33. The minimum absolute atomic E-state index is 0.0705. The van der Waals surface area contributed by atoms with Crippen LogP contribution in [0.4, 0.5) is 13.2 Å². The summed E-state index contributed by atoms with van der Waals surface area (Å²) >= 11 is 0. The van der Waals surface area contributed by atoms with Crippen molar-refractivity contribution in [3.63, 3.8) is 0 Å². The van der Waals surface area contributed by atoms with Crippen LogP contribution in [0.3, 0.4) is 0 Å². The first kappa shape index (κ1) is 24.5. The average molecular weight is 464 g/mol. The molecule has 0 unspecified atom stereocenters. The summed E-state index contributed by atoms with van der Waals surface area (Å²) in [7, 11) is 0. The molecule has 1 aromatic carbocycles. The molecule has 10 heteroatoms. The number of halogens is 3. The molecule has 1 saturated heterocycles. The summed E-state index contributed by atoms with van der Waals surface area (Å²) in [6.07, 6.45) is -3.13. The Bertz CT molecular complexity index is 1090. The summed E-state index contributed by atoms with van der Waals surface area (Å²) in [5.74, 6) is -0.418. The molecule has 2 aromatic rings. The molecule has 1 fully saturated rings. The molecule has 1 aromatic heterocycles. The van der Waals surface area contributed by atoms with Crippen molar-refractivity contribution in [1.82, 2.24) is 20.0 Å². The Hall–Kier alpha value is -3.17. The zero-order chi connectivity index (χ0) is 24.3. The summed E-state index contributed by atoms with van der Waals surface area (Å²) in [6, 6.07) is 5.68. The van der Waals surface area contributed by atoms with Crippen LogP contribution >= 0.6 is 0 Å². The molecule has 0 atom stereocenters. The van der Waals surface area contributed by atoms with Gasteiger partial charge in [-0.05, 0) is 37.8 Å². The maximum atomic E-state index is 13.5. The van der Waals surface area contributed by atoms with Gasteiger partial charge < -0.3 is 10.2 Å². The fourth-order valence-corrected chi connectivity index (χ4v) is 3.85. The number of carbonyl (C=O) groups excluding carboxylic acids is 2. The van der Waals surface area contributed by atoms with E-state index in [-0.39, 0.29) is 29.2 Å². The van der Waals surface area contributed by atoms with Gasteiger partial charge in [-0.15, -0.1) is 0 Å². The molecule has 7 nitrogen and oxygen atoms in total. The largest absolute Gasteiger partial charge is 0.418 e. The van der Waals surface area contributed by atoms with Crippen molar-refractivity contribution in [3.05, 3.63) is 57.5 Å². The van der Waals surface area contributed by atoms with E-state index >= 15 is 0 Å². The van der Waals surface area contributed by atoms with E-state index in [2.05, 4.69) is 10.4 Å². The second-order valence-electron chi connectivity index (χ2n) is 8.65. The highest BCUT2D eigenvalue weighted by atomic mass is 19.4. The van der Waals surface area contributed by atoms with Crippen LogP contribution in [0.5, 0.6) is 0 Å². The zero-order valence-corrected chi connectivity index (χ0v) is 18.8. The molecule has 0 spiro atoms. The number of aromatic nitrogens is 2. The maximum absolute atomic E-state index is 13.5. The standard InChI is InChI=1S/C23H27F3N4O3/c1-14(2)12-20(32)29-10-8-16(9-11-29)27-22(33)21-19(31)13-15(3)30(28-21)18-7-5-4-6-17(18)23(24,25)26/h4-7,13-14,16H,8-12H2,1-3H3,(H,27,33). The minimum Gasteiger partial charge on any atom is -0.348 e. The molecule has 0 radical (unpaired) electrons. The Morgan fingerprint density at radius 2 is 1.82 bits per heavy atom. The first-order valence-electron chi connectivity index (χ1n) is 10.8. The van der Waals surface area contributed by atoms with E-state index in [1.54, 1.807) is 4.90 Å². The molecule has 0 saturated carbocycles. The van der Waals surface area contributed by atoms with E-state index in [1.807, 2.05) is 13.8 Å². The molecule has 3 rings (SSSR count). The molecular formula is C23H27F3N4O3. The number of nitrogens with one attached hydrogen (secondary N) is 1. The van der Waals surface area contributed by atoms with Gasteiger partial charge >= 0.3 is 6.18 Å². The zero-order valence-electron chi connectivity index (χ0n) is 18.8. The van der Waals surface area contributed by atoms with Crippen molar-refractivity contribution < 1.29 is 22.8 Å². The lowest BCUT2D eigenvalue weighted by Gasteiger charge is -2.32. The minimum atomic E-state index is -4.63. The van der Waals surface area contributed by atoms with Crippen molar-refractivity contribution in [1.29, 1.82) is 0 Å². The van der Waals surface area contributed by atoms with Crippen molar-refractivity contribution in [3.8, 4) is 5.69 Å². The molecule has 2 heterocycles. The maximum Gasteiger partial charge on any atom is 0.418 e. The normalized spacial score (nSPS) is 15.1. The number of hydrogen-bond acceptors (Lipinski definition) is 4. The number of piperidine rings is 1. The topological polar surface area (TPSA) is 84.3 Å². The number of nitrogens with zero attached hydrogens (tertiary/aromatic N) is 3. The summed E-state index contributed by atoms with van der Waals surface area (Å²) in [5.41, 5.74) is -2.17. The Morgan fingerprint density at radius 1 is 1.18 bits per heavy atom. The number of rotatable bonds is 5. The quantitative estimate of drug-likeness (QED) is 0.736. The molecule has 0 aliphatic carbocycles. The Kier molecular flexibility index (Phi) is 7.24. The monoisotopic (exact) mass is 464 g/mol. The highest BCUT2D eigenvalue weighted by Crippen LogP contribution is 2.33. The van der Waals surface area contributed by atoms with Crippen LogP contribution < -0.4 is 10.7 Å². The number of benzene rings is 1. The van der Waals surface area contributed by atoms with Crippen LogP contribution in [-0.2, 0) is 11.0 Å². The number of likely N-dealkylation sites (tertiary alicyclic amines) is 1. The molecule has 178 valence electrons. The van der Waals surface area contributed by atoms with E-state index in [0.717, 1.165) is 16.8 Å². The smallest absolute Gasteiger partial charge is 0.348 e. The van der Waals surface area contributed by atoms with Crippen molar-refractivity contribution in [2.45, 2.75) is 52.3 Å². The van der Waals surface area contributed by atoms with Crippen LogP contribution in [0.25, 0.3) is 5.69 Å². The van der Waals surface area contributed by atoms with Crippen LogP contribution in [0.15, 0.2) is 35.1 Å². The molecule has 1 N–H and O–H groups in total. The van der Waals surface area contributed by atoms with Crippen LogP contribution in [0.2, 0.25) is 0 Å². The van der Waals surface area contributed by atoms with Crippen LogP contribution in [0, 0.1) is 12.8 Å². The first-order chi connectivity index (χ1) is 15.5. The molecule has 1 aliphatic rings. The number of hydrogen-bond donors (Lipinski definition) is 1. The predicted molar refractivity (Wildman–Crippen MR) is 116 cm³/mol. The molecule has 2 amide bonds.